The fourth-order valence-electron chi connectivity index (χ4n) is 2.09. The van der Waals surface area contributed by atoms with Gasteiger partial charge in [0, 0.05) is 5.56 Å². The van der Waals surface area contributed by atoms with Crippen LogP contribution in [-0.4, -0.2) is 29.3 Å². The van der Waals surface area contributed by atoms with Crippen LogP contribution in [0.15, 0.2) is 18.2 Å². The minimum absolute atomic E-state index is 0.379. The Morgan fingerprint density at radius 1 is 1.00 bits per heavy atom. The zero-order valence-electron chi connectivity index (χ0n) is 12.4. The molecule has 0 atom stereocenters. The Bertz CT molecular complexity index is 543. The maximum Gasteiger partial charge on any atom is 0.313 e. The van der Waals surface area contributed by atoms with Crippen molar-refractivity contribution in [3.8, 4) is 5.75 Å². The van der Waals surface area contributed by atoms with Gasteiger partial charge < -0.3 is 14.9 Å². The Kier molecular flexibility index (Phi) is 4.12. The zero-order valence-corrected chi connectivity index (χ0v) is 12.4. The molecule has 0 heterocycles. The number of hydrogen-bond donors (Lipinski definition) is 2. The molecule has 2 N–H and O–H groups in total. The fourth-order valence-corrected chi connectivity index (χ4v) is 2.09. The second kappa shape index (κ2) is 5.15. The van der Waals surface area contributed by atoms with E-state index in [4.69, 9.17) is 4.74 Å². The van der Waals surface area contributed by atoms with Gasteiger partial charge in [-0.15, -0.1) is 0 Å². The van der Waals surface area contributed by atoms with Crippen LogP contribution in [0.25, 0.3) is 0 Å². The van der Waals surface area contributed by atoms with Crippen molar-refractivity contribution >= 4 is 11.9 Å². The molecular weight excluding hydrogens is 260 g/mol. The van der Waals surface area contributed by atoms with Crippen LogP contribution >= 0.6 is 0 Å². The van der Waals surface area contributed by atoms with E-state index >= 15 is 0 Å². The molecule has 5 heteroatoms. The molecule has 0 saturated carbocycles. The van der Waals surface area contributed by atoms with E-state index in [2.05, 4.69) is 0 Å². The molecule has 1 aromatic rings. The van der Waals surface area contributed by atoms with Crippen molar-refractivity contribution in [2.45, 2.75) is 38.5 Å². The summed E-state index contributed by atoms with van der Waals surface area (Å²) in [5.74, 6) is -1.68. The molecular formula is C15H20O5. The number of carbonyl (C=O) groups is 2. The summed E-state index contributed by atoms with van der Waals surface area (Å²) >= 11 is 0. The number of benzene rings is 1. The molecule has 0 saturated heterocycles. The molecule has 1 rings (SSSR count). The van der Waals surface area contributed by atoms with Crippen LogP contribution in [0.5, 0.6) is 5.75 Å². The Labute approximate surface area is 118 Å². The van der Waals surface area contributed by atoms with Gasteiger partial charge in [-0.2, -0.15) is 0 Å². The van der Waals surface area contributed by atoms with Gasteiger partial charge in [-0.3, -0.25) is 9.59 Å². The molecule has 0 aliphatic rings. The second-order valence-corrected chi connectivity index (χ2v) is 5.74. The third-order valence-corrected chi connectivity index (χ3v) is 3.61. The van der Waals surface area contributed by atoms with Gasteiger partial charge in [-0.1, -0.05) is 12.1 Å². The number of rotatable bonds is 5. The maximum absolute atomic E-state index is 11.5. The quantitative estimate of drug-likeness (QED) is 0.865. The smallest absolute Gasteiger partial charge is 0.313 e. The second-order valence-electron chi connectivity index (χ2n) is 5.74. The molecule has 0 aliphatic carbocycles. The molecule has 0 spiro atoms. The van der Waals surface area contributed by atoms with E-state index in [1.165, 1.54) is 21.0 Å². The highest BCUT2D eigenvalue weighted by Crippen LogP contribution is 2.40. The molecule has 5 nitrogen and oxygen atoms in total. The van der Waals surface area contributed by atoms with E-state index in [1.54, 1.807) is 32.0 Å². The number of carboxylic acids is 2. The molecule has 0 radical (unpaired) electrons. The average molecular weight is 280 g/mol. The molecule has 0 amide bonds. The van der Waals surface area contributed by atoms with Crippen LogP contribution in [-0.2, 0) is 20.4 Å². The number of carboxylic acid groups (broad SMARTS) is 2. The summed E-state index contributed by atoms with van der Waals surface area (Å²) in [5, 5.41) is 18.8. The van der Waals surface area contributed by atoms with Gasteiger partial charge in [0.15, 0.2) is 0 Å². The predicted octanol–water partition coefficient (Wildman–Crippen LogP) is 2.42. The molecule has 0 fully saturated rings. The molecule has 110 valence electrons. The van der Waals surface area contributed by atoms with Crippen LogP contribution < -0.4 is 4.74 Å². The molecule has 0 aromatic heterocycles. The Hall–Kier alpha value is -2.04. The van der Waals surface area contributed by atoms with Crippen LogP contribution in [0.4, 0.5) is 0 Å². The minimum atomic E-state index is -1.26. The van der Waals surface area contributed by atoms with Crippen molar-refractivity contribution in [3.63, 3.8) is 0 Å². The van der Waals surface area contributed by atoms with Crippen LogP contribution in [0.2, 0.25) is 0 Å². The number of ether oxygens (including phenoxy) is 1. The number of hydrogen-bond acceptors (Lipinski definition) is 3. The lowest BCUT2D eigenvalue weighted by Crippen LogP contribution is -2.36. The molecule has 0 bridgehead atoms. The van der Waals surface area contributed by atoms with Crippen molar-refractivity contribution < 1.29 is 24.5 Å². The van der Waals surface area contributed by atoms with Crippen molar-refractivity contribution in [1.29, 1.82) is 0 Å². The van der Waals surface area contributed by atoms with E-state index in [0.717, 1.165) is 0 Å². The van der Waals surface area contributed by atoms with Gasteiger partial charge in [-0.25, -0.2) is 0 Å². The van der Waals surface area contributed by atoms with Gasteiger partial charge >= 0.3 is 11.9 Å². The number of aliphatic carboxylic acids is 2. The Morgan fingerprint density at radius 3 is 1.90 bits per heavy atom. The predicted molar refractivity (Wildman–Crippen MR) is 74.3 cm³/mol. The highest BCUT2D eigenvalue weighted by Gasteiger charge is 2.41. The first-order chi connectivity index (χ1) is 9.06. The monoisotopic (exact) mass is 280 g/mol. The van der Waals surface area contributed by atoms with Crippen molar-refractivity contribution in [1.82, 2.24) is 0 Å². The Morgan fingerprint density at radius 2 is 1.50 bits per heavy atom. The van der Waals surface area contributed by atoms with E-state index in [1.807, 2.05) is 0 Å². The highest BCUT2D eigenvalue weighted by molar-refractivity contribution is 5.86. The van der Waals surface area contributed by atoms with Crippen molar-refractivity contribution in [3.05, 3.63) is 29.3 Å². The molecule has 0 unspecified atom stereocenters. The lowest BCUT2D eigenvalue weighted by Gasteiger charge is -2.31. The van der Waals surface area contributed by atoms with Gasteiger partial charge in [0.1, 0.15) is 5.75 Å². The van der Waals surface area contributed by atoms with Gasteiger partial charge in [0.2, 0.25) is 0 Å². The van der Waals surface area contributed by atoms with E-state index in [0.29, 0.717) is 16.9 Å². The lowest BCUT2D eigenvalue weighted by atomic mass is 9.73. The Balaban J connectivity index is 3.72. The van der Waals surface area contributed by atoms with Crippen molar-refractivity contribution in [2.24, 2.45) is 0 Å². The maximum atomic E-state index is 11.5. The summed E-state index contributed by atoms with van der Waals surface area (Å²) in [4.78, 5) is 23.0. The van der Waals surface area contributed by atoms with Crippen LogP contribution in [0, 0.1) is 0 Å². The topological polar surface area (TPSA) is 83.8 Å². The first-order valence-electron chi connectivity index (χ1n) is 6.21. The van der Waals surface area contributed by atoms with E-state index in [-0.39, 0.29) is 0 Å². The largest absolute Gasteiger partial charge is 0.496 e. The van der Waals surface area contributed by atoms with Crippen LogP contribution in [0.3, 0.4) is 0 Å². The lowest BCUT2D eigenvalue weighted by molar-refractivity contribution is -0.144. The fraction of sp³-hybridized carbons (Fsp3) is 0.467. The van der Waals surface area contributed by atoms with Crippen molar-refractivity contribution in [2.75, 3.05) is 7.11 Å². The van der Waals surface area contributed by atoms with Gasteiger partial charge in [0.05, 0.1) is 17.9 Å². The summed E-state index contributed by atoms with van der Waals surface area (Å²) in [6.07, 6.45) is 0. The first-order valence-corrected chi connectivity index (χ1v) is 6.21. The summed E-state index contributed by atoms with van der Waals surface area (Å²) in [6, 6.07) is 4.94. The zero-order chi connectivity index (χ0) is 15.7. The highest BCUT2D eigenvalue weighted by atomic mass is 16.5. The standard InChI is InChI=1S/C15H20O5/c1-14(2,12(16)17)9-7-6-8-10(20-5)11(9)15(3,4)13(18)19/h6-8H,1-5H3,(H,16,17)(H,18,19). The van der Waals surface area contributed by atoms with E-state index < -0.39 is 22.8 Å². The van der Waals surface area contributed by atoms with Gasteiger partial charge in [0.25, 0.3) is 0 Å². The molecule has 20 heavy (non-hydrogen) atoms. The SMILES string of the molecule is COc1cccc(C(C)(C)C(=O)O)c1C(C)(C)C(=O)O. The third-order valence-electron chi connectivity index (χ3n) is 3.61. The first kappa shape index (κ1) is 16.0. The molecule has 0 aliphatic heterocycles. The third kappa shape index (κ3) is 2.48. The summed E-state index contributed by atoms with van der Waals surface area (Å²) in [7, 11) is 1.44. The summed E-state index contributed by atoms with van der Waals surface area (Å²) in [5.41, 5.74) is -1.63. The average Bonchev–Trinajstić information content (AvgIpc) is 2.37. The summed E-state index contributed by atoms with van der Waals surface area (Å²) < 4.78 is 5.24. The molecule has 1 aromatic carbocycles. The van der Waals surface area contributed by atoms with E-state index in [9.17, 15) is 19.8 Å². The summed E-state index contributed by atoms with van der Waals surface area (Å²) in [6.45, 7) is 6.17. The minimum Gasteiger partial charge on any atom is -0.496 e. The number of methoxy groups -OCH3 is 1. The van der Waals surface area contributed by atoms with Crippen LogP contribution in [0.1, 0.15) is 38.8 Å². The van der Waals surface area contributed by atoms with Gasteiger partial charge in [-0.05, 0) is 39.3 Å². The normalized spacial score (nSPS) is 12.1.